The third kappa shape index (κ3) is 5.87. The zero-order chi connectivity index (χ0) is 25.8. The van der Waals surface area contributed by atoms with Crippen molar-refractivity contribution in [1.29, 1.82) is 0 Å². The van der Waals surface area contributed by atoms with E-state index < -0.39 is 17.1 Å². The minimum Gasteiger partial charge on any atom is -0.490 e. The molecule has 184 valence electrons. The van der Waals surface area contributed by atoms with E-state index in [-0.39, 0.29) is 17.2 Å². The summed E-state index contributed by atoms with van der Waals surface area (Å²) in [5, 5.41) is 0.817. The molecule has 0 unspecified atom stereocenters. The maximum absolute atomic E-state index is 13.0. The minimum atomic E-state index is -0.570. The van der Waals surface area contributed by atoms with Crippen molar-refractivity contribution in [2.45, 2.75) is 13.5 Å². The number of rotatable bonds is 7. The molecule has 10 heteroatoms. The molecule has 3 aromatic carbocycles. The summed E-state index contributed by atoms with van der Waals surface area (Å²) >= 11 is 19.1. The van der Waals surface area contributed by atoms with Gasteiger partial charge in [0, 0.05) is 20.6 Å². The number of thioether (sulfide) groups is 1. The first-order chi connectivity index (χ1) is 17.3. The first-order valence-electron chi connectivity index (χ1n) is 10.7. The van der Waals surface area contributed by atoms with Gasteiger partial charge in [-0.15, -0.1) is 0 Å². The average Bonchev–Trinajstić information content (AvgIpc) is 3.10. The van der Waals surface area contributed by atoms with E-state index in [1.807, 2.05) is 0 Å². The number of esters is 1. The van der Waals surface area contributed by atoms with Crippen LogP contribution in [0, 0.1) is 0 Å². The molecule has 0 radical (unpaired) electrons. The molecule has 0 aromatic heterocycles. The molecule has 4 rings (SSSR count). The second kappa shape index (κ2) is 11.4. The number of halogens is 3. The normalized spacial score (nSPS) is 14.4. The third-order valence-electron chi connectivity index (χ3n) is 5.10. The van der Waals surface area contributed by atoms with Gasteiger partial charge in [0.05, 0.1) is 23.6 Å². The van der Waals surface area contributed by atoms with E-state index >= 15 is 0 Å². The van der Waals surface area contributed by atoms with Crippen LogP contribution < -0.4 is 9.47 Å². The number of carbonyl (C=O) groups excluding carboxylic acids is 3. The van der Waals surface area contributed by atoms with Crippen molar-refractivity contribution in [2.75, 3.05) is 6.61 Å². The monoisotopic (exact) mass is 561 g/mol. The molecule has 0 spiro atoms. The Morgan fingerprint density at radius 2 is 1.67 bits per heavy atom. The summed E-state index contributed by atoms with van der Waals surface area (Å²) in [6.45, 7) is 2.08. The van der Waals surface area contributed by atoms with Crippen LogP contribution in [0.4, 0.5) is 4.79 Å². The highest BCUT2D eigenvalue weighted by molar-refractivity contribution is 8.18. The molecule has 1 aliphatic heterocycles. The molecule has 0 bridgehead atoms. The lowest BCUT2D eigenvalue weighted by atomic mass is 10.1. The smallest absolute Gasteiger partial charge is 0.343 e. The fourth-order valence-electron chi connectivity index (χ4n) is 3.34. The van der Waals surface area contributed by atoms with Gasteiger partial charge in [-0.3, -0.25) is 14.5 Å². The van der Waals surface area contributed by atoms with Crippen LogP contribution >= 0.6 is 46.6 Å². The first kappa shape index (κ1) is 26.1. The van der Waals surface area contributed by atoms with Gasteiger partial charge in [-0.05, 0) is 78.9 Å². The second-order valence-electron chi connectivity index (χ2n) is 7.50. The molecule has 1 heterocycles. The fraction of sp³-hybridized carbons (Fsp3) is 0.115. The van der Waals surface area contributed by atoms with E-state index in [9.17, 15) is 14.4 Å². The van der Waals surface area contributed by atoms with Crippen molar-refractivity contribution < 1.29 is 23.9 Å². The van der Waals surface area contributed by atoms with Crippen LogP contribution in [-0.2, 0) is 11.3 Å². The quantitative estimate of drug-likeness (QED) is 0.169. The molecule has 1 saturated heterocycles. The number of ether oxygens (including phenoxy) is 2. The highest BCUT2D eigenvalue weighted by Crippen LogP contribution is 2.37. The number of nitrogens with zero attached hydrogens (tertiary/aromatic N) is 1. The summed E-state index contributed by atoms with van der Waals surface area (Å²) in [5.74, 6) is -0.497. The van der Waals surface area contributed by atoms with E-state index in [0.29, 0.717) is 44.1 Å². The van der Waals surface area contributed by atoms with Crippen LogP contribution in [0.2, 0.25) is 15.1 Å². The van der Waals surface area contributed by atoms with Gasteiger partial charge in [-0.25, -0.2) is 4.79 Å². The first-order valence-corrected chi connectivity index (χ1v) is 12.6. The SMILES string of the molecule is CCOc1cc(/C=C2\SC(=O)N(Cc3c(Cl)cccc3Cl)C2=O)ccc1OC(=O)c1ccc(Cl)cc1. The van der Waals surface area contributed by atoms with Crippen molar-refractivity contribution in [2.24, 2.45) is 0 Å². The minimum absolute atomic E-state index is 0.0374. The van der Waals surface area contributed by atoms with E-state index in [1.165, 1.54) is 0 Å². The van der Waals surface area contributed by atoms with Crippen LogP contribution in [0.5, 0.6) is 11.5 Å². The Balaban J connectivity index is 1.55. The number of amides is 2. The molecule has 0 aliphatic carbocycles. The molecule has 0 saturated carbocycles. The van der Waals surface area contributed by atoms with Gasteiger partial charge >= 0.3 is 5.97 Å². The second-order valence-corrected chi connectivity index (χ2v) is 9.75. The maximum Gasteiger partial charge on any atom is 0.343 e. The Morgan fingerprint density at radius 3 is 2.33 bits per heavy atom. The molecule has 0 N–H and O–H groups in total. The number of imide groups is 1. The number of hydrogen-bond acceptors (Lipinski definition) is 6. The van der Waals surface area contributed by atoms with E-state index in [0.717, 1.165) is 16.7 Å². The van der Waals surface area contributed by atoms with E-state index in [2.05, 4.69) is 0 Å². The third-order valence-corrected chi connectivity index (χ3v) is 6.97. The van der Waals surface area contributed by atoms with Crippen LogP contribution in [0.3, 0.4) is 0 Å². The fourth-order valence-corrected chi connectivity index (χ4v) is 4.82. The highest BCUT2D eigenvalue weighted by Gasteiger charge is 2.35. The van der Waals surface area contributed by atoms with Gasteiger partial charge in [0.25, 0.3) is 11.1 Å². The van der Waals surface area contributed by atoms with E-state index in [1.54, 1.807) is 73.7 Å². The Kier molecular flexibility index (Phi) is 8.26. The summed E-state index contributed by atoms with van der Waals surface area (Å²) in [7, 11) is 0. The predicted octanol–water partition coefficient (Wildman–Crippen LogP) is 7.50. The molecule has 2 amide bonds. The lowest BCUT2D eigenvalue weighted by molar-refractivity contribution is -0.123. The molecule has 1 fully saturated rings. The maximum atomic E-state index is 13.0. The topological polar surface area (TPSA) is 72.9 Å². The zero-order valence-electron chi connectivity index (χ0n) is 18.8. The summed E-state index contributed by atoms with van der Waals surface area (Å²) in [5.41, 5.74) is 1.42. The van der Waals surface area contributed by atoms with E-state index in [4.69, 9.17) is 44.3 Å². The van der Waals surface area contributed by atoms with Crippen LogP contribution in [0.1, 0.15) is 28.4 Å². The van der Waals surface area contributed by atoms with Crippen molar-refractivity contribution in [3.8, 4) is 11.5 Å². The Bertz CT molecular complexity index is 1350. The summed E-state index contributed by atoms with van der Waals surface area (Å²) in [6.07, 6.45) is 1.58. The molecule has 0 atom stereocenters. The van der Waals surface area contributed by atoms with Crippen molar-refractivity contribution in [1.82, 2.24) is 4.90 Å². The predicted molar refractivity (Wildman–Crippen MR) is 142 cm³/mol. The Labute approximate surface area is 226 Å². The summed E-state index contributed by atoms with van der Waals surface area (Å²) < 4.78 is 11.2. The largest absolute Gasteiger partial charge is 0.490 e. The van der Waals surface area contributed by atoms with Gasteiger partial charge < -0.3 is 9.47 Å². The molecule has 36 heavy (non-hydrogen) atoms. The average molecular weight is 563 g/mol. The standard InChI is InChI=1S/C26H18Cl3NO5S/c1-2-34-22-12-15(6-11-21(22)35-25(32)16-7-9-17(27)10-8-16)13-23-24(31)30(26(33)36-23)14-18-19(28)4-3-5-20(18)29/h3-13H,2,14H2,1H3/b23-13-. The van der Waals surface area contributed by atoms with Gasteiger partial charge in [-0.1, -0.05) is 46.9 Å². The molecular formula is C26H18Cl3NO5S. The van der Waals surface area contributed by atoms with Gasteiger partial charge in [0.2, 0.25) is 0 Å². The number of benzene rings is 3. The summed E-state index contributed by atoms with van der Waals surface area (Å²) in [4.78, 5) is 39.4. The van der Waals surface area contributed by atoms with Crippen LogP contribution in [0.15, 0.2) is 65.6 Å². The van der Waals surface area contributed by atoms with Crippen molar-refractivity contribution >= 4 is 69.8 Å². The zero-order valence-corrected chi connectivity index (χ0v) is 21.9. The van der Waals surface area contributed by atoms with Gasteiger partial charge in [0.15, 0.2) is 11.5 Å². The van der Waals surface area contributed by atoms with Gasteiger partial charge in [0.1, 0.15) is 0 Å². The summed E-state index contributed by atoms with van der Waals surface area (Å²) in [6, 6.07) is 16.2. The molecular weight excluding hydrogens is 545 g/mol. The lowest BCUT2D eigenvalue weighted by Gasteiger charge is -2.14. The Hall–Kier alpha value is -2.97. The highest BCUT2D eigenvalue weighted by atomic mass is 35.5. The molecule has 1 aliphatic rings. The van der Waals surface area contributed by atoms with Crippen molar-refractivity contribution in [3.63, 3.8) is 0 Å². The number of hydrogen-bond donors (Lipinski definition) is 0. The molecule has 6 nitrogen and oxygen atoms in total. The van der Waals surface area contributed by atoms with Gasteiger partial charge in [-0.2, -0.15) is 0 Å². The van der Waals surface area contributed by atoms with Crippen LogP contribution in [0.25, 0.3) is 6.08 Å². The molecule has 3 aromatic rings. The Morgan fingerprint density at radius 1 is 0.972 bits per heavy atom. The van der Waals surface area contributed by atoms with Crippen LogP contribution in [-0.4, -0.2) is 28.6 Å². The lowest BCUT2D eigenvalue weighted by Crippen LogP contribution is -2.27. The van der Waals surface area contributed by atoms with Crippen molar-refractivity contribution in [3.05, 3.63) is 97.3 Å². The number of carbonyl (C=O) groups is 3.